The summed E-state index contributed by atoms with van der Waals surface area (Å²) in [6.07, 6.45) is 3.08. The molecule has 0 aromatic carbocycles. The summed E-state index contributed by atoms with van der Waals surface area (Å²) in [6, 6.07) is 3.91. The van der Waals surface area contributed by atoms with Crippen LogP contribution >= 0.6 is 0 Å². The van der Waals surface area contributed by atoms with Crippen molar-refractivity contribution >= 4 is 0 Å². The second kappa shape index (κ2) is 2.54. The number of rotatable bonds is 0. The molecule has 2 heterocycles. The van der Waals surface area contributed by atoms with E-state index in [1.807, 2.05) is 12.1 Å². The molecule has 1 aliphatic rings. The van der Waals surface area contributed by atoms with Crippen LogP contribution < -0.4 is 0 Å². The van der Waals surface area contributed by atoms with Gasteiger partial charge in [0.15, 0.2) is 0 Å². The van der Waals surface area contributed by atoms with Crippen molar-refractivity contribution in [2.45, 2.75) is 12.8 Å². The van der Waals surface area contributed by atoms with Gasteiger partial charge in [0.05, 0.1) is 11.4 Å². The zero-order chi connectivity index (χ0) is 9.54. The molecule has 0 unspecified atom stereocenters. The van der Waals surface area contributed by atoms with Crippen LogP contribution in [0, 0.1) is 0 Å². The lowest BCUT2D eigenvalue weighted by molar-refractivity contribution is 0.135. The number of hydrogen-bond donors (Lipinski definition) is 1. The first-order valence-corrected chi connectivity index (χ1v) is 4.40. The Labute approximate surface area is 80.0 Å². The highest BCUT2D eigenvalue weighted by Gasteiger charge is 2.21. The second-order valence-corrected chi connectivity index (χ2v) is 3.34. The highest BCUT2D eigenvalue weighted by Crippen LogP contribution is 2.22. The normalized spacial score (nSPS) is 13.4. The summed E-state index contributed by atoms with van der Waals surface area (Å²) < 4.78 is 0. The monoisotopic (exact) mass is 188 g/mol. The van der Waals surface area contributed by atoms with Gasteiger partial charge in [0.1, 0.15) is 5.69 Å². The van der Waals surface area contributed by atoms with Gasteiger partial charge in [0.25, 0.3) is 0 Å². The van der Waals surface area contributed by atoms with Crippen molar-refractivity contribution in [2.24, 2.45) is 0 Å². The van der Waals surface area contributed by atoms with Gasteiger partial charge in [-0.25, -0.2) is 0 Å². The van der Waals surface area contributed by atoms with Crippen molar-refractivity contribution in [1.82, 2.24) is 20.1 Å². The van der Waals surface area contributed by atoms with Gasteiger partial charge in [-0.15, -0.1) is 5.10 Å². The molecular formula is C9H8N4O. The van der Waals surface area contributed by atoms with Gasteiger partial charge in [0.2, 0.25) is 0 Å². The number of fused-ring (bicyclic) bond motifs is 2. The van der Waals surface area contributed by atoms with E-state index in [4.69, 9.17) is 0 Å². The molecule has 0 radical (unpaired) electrons. The number of nitrogens with zero attached hydrogens (tertiary/aromatic N) is 4. The molecule has 0 bridgehead atoms. The van der Waals surface area contributed by atoms with Crippen LogP contribution in [-0.2, 0) is 12.8 Å². The Morgan fingerprint density at radius 2 is 2.21 bits per heavy atom. The summed E-state index contributed by atoms with van der Waals surface area (Å²) in [5, 5.41) is 16.8. The standard InChI is InChI=1S/C9H8N4O/c14-13-9-4-6-2-1-3-10-7(6)5-8(9)11-12-13/h1-3,14H,4-5H2. The van der Waals surface area contributed by atoms with E-state index in [0.29, 0.717) is 12.8 Å². The van der Waals surface area contributed by atoms with E-state index in [9.17, 15) is 5.21 Å². The van der Waals surface area contributed by atoms with Crippen LogP contribution in [0.5, 0.6) is 0 Å². The van der Waals surface area contributed by atoms with E-state index in [1.54, 1.807) is 6.20 Å². The zero-order valence-corrected chi connectivity index (χ0v) is 7.38. The average Bonchev–Trinajstić information content (AvgIpc) is 2.57. The fourth-order valence-corrected chi connectivity index (χ4v) is 1.76. The van der Waals surface area contributed by atoms with Crippen molar-refractivity contribution in [1.29, 1.82) is 0 Å². The molecule has 3 rings (SSSR count). The van der Waals surface area contributed by atoms with Gasteiger partial charge in [0, 0.05) is 19.0 Å². The van der Waals surface area contributed by atoms with Crippen molar-refractivity contribution in [3.63, 3.8) is 0 Å². The minimum Gasteiger partial charge on any atom is -0.410 e. The number of hydrogen-bond acceptors (Lipinski definition) is 4. The van der Waals surface area contributed by atoms with Gasteiger partial charge in [-0.1, -0.05) is 10.9 Å². The molecule has 1 aliphatic carbocycles. The Hall–Kier alpha value is -1.91. The molecule has 2 aromatic heterocycles. The topological polar surface area (TPSA) is 63.8 Å². The van der Waals surface area contributed by atoms with Crippen LogP contribution in [0.25, 0.3) is 0 Å². The second-order valence-electron chi connectivity index (χ2n) is 3.34. The molecule has 70 valence electrons. The van der Waals surface area contributed by atoms with Crippen LogP contribution in [0.15, 0.2) is 18.3 Å². The first kappa shape index (κ1) is 7.49. The Kier molecular flexibility index (Phi) is 1.36. The first-order chi connectivity index (χ1) is 6.84. The van der Waals surface area contributed by atoms with Gasteiger partial charge in [-0.2, -0.15) is 0 Å². The SMILES string of the molecule is On1nnc2c1Cc1cccnc1C2. The summed E-state index contributed by atoms with van der Waals surface area (Å²) in [7, 11) is 0. The molecule has 0 aliphatic heterocycles. The summed E-state index contributed by atoms with van der Waals surface area (Å²) in [5.41, 5.74) is 3.75. The van der Waals surface area contributed by atoms with E-state index >= 15 is 0 Å². The lowest BCUT2D eigenvalue weighted by atomic mass is 9.97. The van der Waals surface area contributed by atoms with Crippen molar-refractivity contribution in [3.05, 3.63) is 41.0 Å². The van der Waals surface area contributed by atoms with E-state index < -0.39 is 0 Å². The maximum absolute atomic E-state index is 9.34. The summed E-state index contributed by atoms with van der Waals surface area (Å²) in [6.45, 7) is 0. The highest BCUT2D eigenvalue weighted by atomic mass is 16.5. The minimum atomic E-state index is 0.655. The molecule has 2 aromatic rings. The Balaban J connectivity index is 2.14. The van der Waals surface area contributed by atoms with Crippen molar-refractivity contribution in [3.8, 4) is 0 Å². The third-order valence-electron chi connectivity index (χ3n) is 2.50. The first-order valence-electron chi connectivity index (χ1n) is 4.40. The smallest absolute Gasteiger partial charge is 0.108 e. The Morgan fingerprint density at radius 3 is 3.14 bits per heavy atom. The predicted molar refractivity (Wildman–Crippen MR) is 47.1 cm³/mol. The molecule has 5 nitrogen and oxygen atoms in total. The van der Waals surface area contributed by atoms with Crippen molar-refractivity contribution in [2.75, 3.05) is 0 Å². The van der Waals surface area contributed by atoms with E-state index in [2.05, 4.69) is 15.3 Å². The van der Waals surface area contributed by atoms with Crippen LogP contribution in [0.1, 0.15) is 22.6 Å². The molecule has 0 atom stereocenters. The van der Waals surface area contributed by atoms with E-state index in [0.717, 1.165) is 27.5 Å². The highest BCUT2D eigenvalue weighted by molar-refractivity contribution is 5.35. The number of pyridine rings is 1. The van der Waals surface area contributed by atoms with Gasteiger partial charge in [-0.3, -0.25) is 4.98 Å². The molecular weight excluding hydrogens is 180 g/mol. The predicted octanol–water partition coefficient (Wildman–Crippen LogP) is 0.405. The minimum absolute atomic E-state index is 0.655. The molecule has 0 saturated heterocycles. The Bertz CT molecular complexity index is 491. The molecule has 1 N–H and O–H groups in total. The van der Waals surface area contributed by atoms with Crippen LogP contribution in [0.2, 0.25) is 0 Å². The third kappa shape index (κ3) is 0.921. The number of aromatic nitrogens is 4. The maximum Gasteiger partial charge on any atom is 0.108 e. The van der Waals surface area contributed by atoms with Crippen molar-refractivity contribution < 1.29 is 5.21 Å². The van der Waals surface area contributed by atoms with E-state index in [1.165, 1.54) is 0 Å². The summed E-state index contributed by atoms with van der Waals surface area (Å²) in [5.74, 6) is 0. The summed E-state index contributed by atoms with van der Waals surface area (Å²) >= 11 is 0. The third-order valence-corrected chi connectivity index (χ3v) is 2.50. The van der Waals surface area contributed by atoms with Crippen LogP contribution in [0.3, 0.4) is 0 Å². The fraction of sp³-hybridized carbons (Fsp3) is 0.222. The van der Waals surface area contributed by atoms with E-state index in [-0.39, 0.29) is 0 Å². The molecule has 0 saturated carbocycles. The molecule has 14 heavy (non-hydrogen) atoms. The average molecular weight is 188 g/mol. The Morgan fingerprint density at radius 1 is 1.29 bits per heavy atom. The molecule has 0 fully saturated rings. The summed E-state index contributed by atoms with van der Waals surface area (Å²) in [4.78, 5) is 5.12. The molecule has 5 heteroatoms. The lowest BCUT2D eigenvalue weighted by Crippen LogP contribution is -2.11. The maximum atomic E-state index is 9.34. The van der Waals surface area contributed by atoms with Gasteiger partial charge >= 0.3 is 0 Å². The van der Waals surface area contributed by atoms with Gasteiger partial charge in [-0.05, 0) is 16.8 Å². The fourth-order valence-electron chi connectivity index (χ4n) is 1.76. The quantitative estimate of drug-likeness (QED) is 0.519. The van der Waals surface area contributed by atoms with Crippen LogP contribution in [-0.4, -0.2) is 25.3 Å². The molecule has 0 spiro atoms. The van der Waals surface area contributed by atoms with Gasteiger partial charge < -0.3 is 5.21 Å². The zero-order valence-electron chi connectivity index (χ0n) is 7.38. The largest absolute Gasteiger partial charge is 0.410 e. The molecule has 0 amide bonds. The lowest BCUT2D eigenvalue weighted by Gasteiger charge is -2.12. The van der Waals surface area contributed by atoms with Crippen LogP contribution in [0.4, 0.5) is 0 Å².